The van der Waals surface area contributed by atoms with Gasteiger partial charge in [0.1, 0.15) is 0 Å². The minimum absolute atomic E-state index is 0.825. The van der Waals surface area contributed by atoms with Crippen LogP contribution in [0.15, 0.2) is 24.3 Å². The zero-order valence-corrected chi connectivity index (χ0v) is 14.1. The molecule has 1 fully saturated rings. The first kappa shape index (κ1) is 16.4. The van der Waals surface area contributed by atoms with Crippen molar-refractivity contribution >= 4 is 5.69 Å². The summed E-state index contributed by atoms with van der Waals surface area (Å²) in [7, 11) is 0. The lowest BCUT2D eigenvalue weighted by Crippen LogP contribution is -2.26. The number of hydrogen-bond acceptors (Lipinski definition) is 2. The summed E-state index contributed by atoms with van der Waals surface area (Å²) in [6, 6.07) is 8.94. The fourth-order valence-electron chi connectivity index (χ4n) is 3.40. The van der Waals surface area contributed by atoms with Gasteiger partial charge in [-0.3, -0.25) is 0 Å². The zero-order valence-electron chi connectivity index (χ0n) is 14.1. The highest BCUT2D eigenvalue weighted by molar-refractivity contribution is 5.53. The van der Waals surface area contributed by atoms with Crippen molar-refractivity contribution in [2.75, 3.05) is 24.5 Å². The van der Waals surface area contributed by atoms with Crippen molar-refractivity contribution in [2.45, 2.75) is 53.0 Å². The SMILES string of the molecule is CCCNCc1ccccc1N1CCCC(C(C)C)CC1. The molecule has 0 aromatic heterocycles. The summed E-state index contributed by atoms with van der Waals surface area (Å²) in [6.45, 7) is 11.5. The molecule has 2 rings (SSSR count). The molecule has 0 bridgehead atoms. The van der Waals surface area contributed by atoms with Gasteiger partial charge in [-0.1, -0.05) is 39.0 Å². The van der Waals surface area contributed by atoms with Crippen molar-refractivity contribution in [3.63, 3.8) is 0 Å². The lowest BCUT2D eigenvalue weighted by atomic mass is 9.89. The Balaban J connectivity index is 2.03. The Kier molecular flexibility index (Phi) is 6.56. The normalized spacial score (nSPS) is 19.8. The maximum absolute atomic E-state index is 3.55. The lowest BCUT2D eigenvalue weighted by Gasteiger charge is -2.26. The number of rotatable bonds is 6. The third-order valence-corrected chi connectivity index (χ3v) is 4.79. The van der Waals surface area contributed by atoms with Gasteiger partial charge in [0.2, 0.25) is 0 Å². The molecule has 0 saturated carbocycles. The van der Waals surface area contributed by atoms with E-state index in [1.165, 1.54) is 50.0 Å². The van der Waals surface area contributed by atoms with Gasteiger partial charge >= 0.3 is 0 Å². The second kappa shape index (κ2) is 8.43. The molecule has 1 atom stereocenters. The van der Waals surface area contributed by atoms with Crippen molar-refractivity contribution in [1.29, 1.82) is 0 Å². The minimum Gasteiger partial charge on any atom is -0.371 e. The first-order valence-corrected chi connectivity index (χ1v) is 8.76. The van der Waals surface area contributed by atoms with Crippen LogP contribution in [0.5, 0.6) is 0 Å². The molecule has 2 nitrogen and oxygen atoms in total. The predicted octanol–water partition coefficient (Wildman–Crippen LogP) is 4.45. The number of nitrogens with zero attached hydrogens (tertiary/aromatic N) is 1. The molecular weight excluding hydrogens is 256 g/mol. The maximum atomic E-state index is 3.55. The van der Waals surface area contributed by atoms with Crippen molar-refractivity contribution < 1.29 is 0 Å². The highest BCUT2D eigenvalue weighted by atomic mass is 15.1. The molecular formula is C19H32N2. The summed E-state index contributed by atoms with van der Waals surface area (Å²) in [5, 5.41) is 3.55. The molecule has 1 aliphatic heterocycles. The van der Waals surface area contributed by atoms with Crippen molar-refractivity contribution in [1.82, 2.24) is 5.32 Å². The van der Waals surface area contributed by atoms with E-state index in [4.69, 9.17) is 0 Å². The average molecular weight is 288 g/mol. The highest BCUT2D eigenvalue weighted by Crippen LogP contribution is 2.29. The second-order valence-corrected chi connectivity index (χ2v) is 6.73. The summed E-state index contributed by atoms with van der Waals surface area (Å²) in [5.41, 5.74) is 2.90. The maximum Gasteiger partial charge on any atom is 0.0411 e. The molecule has 2 heteroatoms. The summed E-state index contributed by atoms with van der Waals surface area (Å²) in [6.07, 6.45) is 5.26. The largest absolute Gasteiger partial charge is 0.371 e. The van der Waals surface area contributed by atoms with Crippen LogP contribution in [0, 0.1) is 11.8 Å². The summed E-state index contributed by atoms with van der Waals surface area (Å²) in [5.74, 6) is 1.73. The van der Waals surface area contributed by atoms with Gasteiger partial charge in [-0.25, -0.2) is 0 Å². The zero-order chi connectivity index (χ0) is 15.1. The van der Waals surface area contributed by atoms with Crippen LogP contribution in [0.2, 0.25) is 0 Å². The number of anilines is 1. The topological polar surface area (TPSA) is 15.3 Å². The molecule has 1 saturated heterocycles. The van der Waals surface area contributed by atoms with Gasteiger partial charge in [0.15, 0.2) is 0 Å². The first-order chi connectivity index (χ1) is 10.2. The predicted molar refractivity (Wildman–Crippen MR) is 92.8 cm³/mol. The molecule has 1 N–H and O–H groups in total. The van der Waals surface area contributed by atoms with Crippen molar-refractivity contribution in [2.24, 2.45) is 11.8 Å². The Morgan fingerprint density at radius 1 is 1.19 bits per heavy atom. The fourth-order valence-corrected chi connectivity index (χ4v) is 3.40. The first-order valence-electron chi connectivity index (χ1n) is 8.76. The van der Waals surface area contributed by atoms with Crippen LogP contribution < -0.4 is 10.2 Å². The number of hydrogen-bond donors (Lipinski definition) is 1. The Morgan fingerprint density at radius 3 is 2.76 bits per heavy atom. The van der Waals surface area contributed by atoms with Crippen LogP contribution in [0.25, 0.3) is 0 Å². The van der Waals surface area contributed by atoms with E-state index < -0.39 is 0 Å². The molecule has 1 aromatic carbocycles. The summed E-state index contributed by atoms with van der Waals surface area (Å²) < 4.78 is 0. The van der Waals surface area contributed by atoms with E-state index in [0.29, 0.717) is 0 Å². The van der Waals surface area contributed by atoms with E-state index in [9.17, 15) is 0 Å². The summed E-state index contributed by atoms with van der Waals surface area (Å²) in [4.78, 5) is 2.62. The minimum atomic E-state index is 0.825. The molecule has 1 aliphatic rings. The number of benzene rings is 1. The van der Waals surface area contributed by atoms with E-state index in [1.807, 2.05) is 0 Å². The van der Waals surface area contributed by atoms with Gasteiger partial charge in [0.25, 0.3) is 0 Å². The van der Waals surface area contributed by atoms with Crippen LogP contribution in [-0.4, -0.2) is 19.6 Å². The van der Waals surface area contributed by atoms with Crippen LogP contribution in [0.4, 0.5) is 5.69 Å². The average Bonchev–Trinajstić information content (AvgIpc) is 2.74. The Hall–Kier alpha value is -1.02. The monoisotopic (exact) mass is 288 g/mol. The Bertz CT molecular complexity index is 414. The van der Waals surface area contributed by atoms with Gasteiger partial charge in [-0.2, -0.15) is 0 Å². The van der Waals surface area contributed by atoms with E-state index in [1.54, 1.807) is 0 Å². The van der Waals surface area contributed by atoms with E-state index in [-0.39, 0.29) is 0 Å². The van der Waals surface area contributed by atoms with Crippen molar-refractivity contribution in [3.8, 4) is 0 Å². The Morgan fingerprint density at radius 2 is 2.00 bits per heavy atom. The molecule has 0 spiro atoms. The molecule has 0 amide bonds. The van der Waals surface area contributed by atoms with Gasteiger partial charge in [-0.15, -0.1) is 0 Å². The molecule has 0 aliphatic carbocycles. The number of para-hydroxylation sites is 1. The van der Waals surface area contributed by atoms with Crippen molar-refractivity contribution in [3.05, 3.63) is 29.8 Å². The van der Waals surface area contributed by atoms with E-state index in [0.717, 1.165) is 24.9 Å². The van der Waals surface area contributed by atoms with Crippen LogP contribution in [-0.2, 0) is 6.54 Å². The third-order valence-electron chi connectivity index (χ3n) is 4.79. The molecule has 1 aromatic rings. The molecule has 118 valence electrons. The molecule has 21 heavy (non-hydrogen) atoms. The third kappa shape index (κ3) is 4.74. The van der Waals surface area contributed by atoms with Crippen LogP contribution >= 0.6 is 0 Å². The quantitative estimate of drug-likeness (QED) is 0.778. The number of nitrogens with one attached hydrogen (secondary N) is 1. The smallest absolute Gasteiger partial charge is 0.0411 e. The fraction of sp³-hybridized carbons (Fsp3) is 0.684. The molecule has 1 heterocycles. The Labute approximate surface area is 130 Å². The standard InChI is InChI=1S/C19H32N2/c1-4-12-20-15-18-8-5-6-10-19(18)21-13-7-9-17(11-14-21)16(2)3/h5-6,8,10,16-17,20H,4,7,9,11-15H2,1-3H3. The van der Waals surface area contributed by atoms with Gasteiger partial charge in [-0.05, 0) is 55.7 Å². The van der Waals surface area contributed by atoms with E-state index in [2.05, 4.69) is 55.3 Å². The van der Waals surface area contributed by atoms with Crippen LogP contribution in [0.3, 0.4) is 0 Å². The molecule has 0 radical (unpaired) electrons. The van der Waals surface area contributed by atoms with E-state index >= 15 is 0 Å². The lowest BCUT2D eigenvalue weighted by molar-refractivity contribution is 0.351. The highest BCUT2D eigenvalue weighted by Gasteiger charge is 2.20. The van der Waals surface area contributed by atoms with Gasteiger partial charge < -0.3 is 10.2 Å². The summed E-state index contributed by atoms with van der Waals surface area (Å²) >= 11 is 0. The van der Waals surface area contributed by atoms with Gasteiger partial charge in [0.05, 0.1) is 0 Å². The second-order valence-electron chi connectivity index (χ2n) is 6.73. The van der Waals surface area contributed by atoms with Crippen LogP contribution in [0.1, 0.15) is 52.0 Å². The van der Waals surface area contributed by atoms with Gasteiger partial charge in [0, 0.05) is 25.3 Å². The molecule has 1 unspecified atom stereocenters.